The van der Waals surface area contributed by atoms with Gasteiger partial charge in [0.2, 0.25) is 0 Å². The Morgan fingerprint density at radius 3 is 2.23 bits per heavy atom. The van der Waals surface area contributed by atoms with Crippen LogP contribution < -0.4 is 5.32 Å². The van der Waals surface area contributed by atoms with Gasteiger partial charge in [0, 0.05) is 12.6 Å². The second-order valence-corrected chi connectivity index (χ2v) is 7.30. The Kier molecular flexibility index (Phi) is 6.73. The lowest BCUT2D eigenvalue weighted by Crippen LogP contribution is -2.42. The van der Waals surface area contributed by atoms with E-state index in [0.717, 1.165) is 18.5 Å². The zero-order chi connectivity index (χ0) is 14.7. The fraction of sp³-hybridized carbons (Fsp3) is 0.684. The highest BCUT2D eigenvalue weighted by atomic mass is 35.5. The molecule has 2 nitrogen and oxygen atoms in total. The third-order valence-corrected chi connectivity index (χ3v) is 5.03. The van der Waals surface area contributed by atoms with Crippen LogP contribution in [0.15, 0.2) is 24.3 Å². The van der Waals surface area contributed by atoms with Crippen molar-refractivity contribution in [2.75, 3.05) is 19.6 Å². The average Bonchev–Trinajstić information content (AvgIpc) is 3.31. The number of nitrogens with zero attached hydrogens (tertiary/aromatic N) is 1. The van der Waals surface area contributed by atoms with Gasteiger partial charge in [-0.05, 0) is 68.3 Å². The lowest BCUT2D eigenvalue weighted by atomic mass is 10.0. The van der Waals surface area contributed by atoms with Crippen LogP contribution in [0.1, 0.15) is 56.6 Å². The maximum absolute atomic E-state index is 3.76. The fourth-order valence-corrected chi connectivity index (χ4v) is 3.22. The van der Waals surface area contributed by atoms with E-state index in [2.05, 4.69) is 48.3 Å². The summed E-state index contributed by atoms with van der Waals surface area (Å²) in [6.45, 7) is 9.39. The number of hydrogen-bond acceptors (Lipinski definition) is 2. The number of rotatable bonds is 6. The van der Waals surface area contributed by atoms with Crippen molar-refractivity contribution in [3.8, 4) is 0 Å². The van der Waals surface area contributed by atoms with Gasteiger partial charge in [-0.15, -0.1) is 12.4 Å². The second kappa shape index (κ2) is 8.33. The molecule has 1 aromatic rings. The maximum Gasteiger partial charge on any atom is 0.0233 e. The third-order valence-electron chi connectivity index (χ3n) is 5.03. The molecule has 0 radical (unpaired) electrons. The van der Waals surface area contributed by atoms with Crippen LogP contribution in [-0.4, -0.2) is 30.6 Å². The normalized spacial score (nSPS) is 20.1. The number of piperidine rings is 1. The van der Waals surface area contributed by atoms with Crippen LogP contribution in [0, 0.1) is 5.92 Å². The Hall–Kier alpha value is -0.570. The van der Waals surface area contributed by atoms with Gasteiger partial charge >= 0.3 is 0 Å². The van der Waals surface area contributed by atoms with Crippen LogP contribution in [0.4, 0.5) is 0 Å². The molecule has 1 N–H and O–H groups in total. The molecule has 3 rings (SSSR count). The van der Waals surface area contributed by atoms with Crippen molar-refractivity contribution in [2.24, 2.45) is 5.92 Å². The molecule has 1 aliphatic carbocycles. The molecule has 2 fully saturated rings. The first kappa shape index (κ1) is 17.8. The van der Waals surface area contributed by atoms with Gasteiger partial charge in [0.05, 0.1) is 0 Å². The van der Waals surface area contributed by atoms with Gasteiger partial charge in [-0.1, -0.05) is 38.1 Å². The van der Waals surface area contributed by atoms with E-state index in [-0.39, 0.29) is 12.4 Å². The largest absolute Gasteiger partial charge is 0.314 e. The van der Waals surface area contributed by atoms with E-state index in [1.54, 1.807) is 0 Å². The van der Waals surface area contributed by atoms with E-state index in [0.29, 0.717) is 5.92 Å². The zero-order valence-corrected chi connectivity index (χ0v) is 14.9. The number of benzene rings is 1. The van der Waals surface area contributed by atoms with Crippen molar-refractivity contribution >= 4 is 12.4 Å². The quantitative estimate of drug-likeness (QED) is 0.844. The summed E-state index contributed by atoms with van der Waals surface area (Å²) >= 11 is 0. The lowest BCUT2D eigenvalue weighted by molar-refractivity contribution is 0.190. The summed E-state index contributed by atoms with van der Waals surface area (Å²) in [5.74, 6) is 1.63. The molecule has 0 aromatic heterocycles. The highest BCUT2D eigenvalue weighted by Crippen LogP contribution is 2.28. The number of hydrogen-bond donors (Lipinski definition) is 1. The van der Waals surface area contributed by atoms with Crippen molar-refractivity contribution < 1.29 is 0 Å². The highest BCUT2D eigenvalue weighted by Gasteiger charge is 2.24. The molecule has 0 spiro atoms. The molecule has 0 bridgehead atoms. The molecule has 1 saturated heterocycles. The summed E-state index contributed by atoms with van der Waals surface area (Å²) in [6, 6.07) is 9.98. The minimum atomic E-state index is 0. The van der Waals surface area contributed by atoms with Gasteiger partial charge < -0.3 is 5.32 Å². The molecule has 0 atom stereocenters. The third kappa shape index (κ3) is 5.26. The minimum absolute atomic E-state index is 0. The van der Waals surface area contributed by atoms with E-state index in [1.807, 2.05) is 0 Å². The van der Waals surface area contributed by atoms with Crippen LogP contribution in [0.25, 0.3) is 0 Å². The van der Waals surface area contributed by atoms with Crippen LogP contribution in [-0.2, 0) is 6.54 Å². The molecule has 1 aromatic carbocycles. The topological polar surface area (TPSA) is 15.3 Å². The Balaban J connectivity index is 0.00000176. The molecular weight excluding hydrogens is 292 g/mol. The molecule has 124 valence electrons. The molecule has 1 aliphatic heterocycles. The van der Waals surface area contributed by atoms with Crippen molar-refractivity contribution in [1.82, 2.24) is 10.2 Å². The molecule has 3 heteroatoms. The fourth-order valence-electron chi connectivity index (χ4n) is 3.22. The zero-order valence-electron chi connectivity index (χ0n) is 14.1. The molecular formula is C19H31ClN2. The summed E-state index contributed by atoms with van der Waals surface area (Å²) in [5.41, 5.74) is 2.91. The Labute approximate surface area is 142 Å². The first-order chi connectivity index (χ1) is 10.2. The average molecular weight is 323 g/mol. The molecule has 2 aliphatic rings. The first-order valence-corrected chi connectivity index (χ1v) is 8.75. The van der Waals surface area contributed by atoms with Gasteiger partial charge in [-0.2, -0.15) is 0 Å². The summed E-state index contributed by atoms with van der Waals surface area (Å²) in [7, 11) is 0. The van der Waals surface area contributed by atoms with Gasteiger partial charge in [-0.3, -0.25) is 4.90 Å². The highest BCUT2D eigenvalue weighted by molar-refractivity contribution is 5.85. The van der Waals surface area contributed by atoms with Crippen molar-refractivity contribution in [1.29, 1.82) is 0 Å². The van der Waals surface area contributed by atoms with Crippen LogP contribution in [0.3, 0.4) is 0 Å². The van der Waals surface area contributed by atoms with E-state index >= 15 is 0 Å². The first-order valence-electron chi connectivity index (χ1n) is 8.75. The van der Waals surface area contributed by atoms with E-state index < -0.39 is 0 Å². The SMILES string of the molecule is CC(C)c1ccc(CN2CCC(NCC3CC3)CC2)cc1.Cl. The smallest absolute Gasteiger partial charge is 0.0233 e. The van der Waals surface area contributed by atoms with Gasteiger partial charge in [0.25, 0.3) is 0 Å². The monoisotopic (exact) mass is 322 g/mol. The summed E-state index contributed by atoms with van der Waals surface area (Å²) < 4.78 is 0. The summed E-state index contributed by atoms with van der Waals surface area (Å²) in [6.07, 6.45) is 5.55. The van der Waals surface area contributed by atoms with Crippen molar-refractivity contribution in [3.63, 3.8) is 0 Å². The molecule has 1 heterocycles. The van der Waals surface area contributed by atoms with Crippen LogP contribution in [0.2, 0.25) is 0 Å². The summed E-state index contributed by atoms with van der Waals surface area (Å²) in [4.78, 5) is 2.61. The van der Waals surface area contributed by atoms with Gasteiger partial charge in [0.1, 0.15) is 0 Å². The summed E-state index contributed by atoms with van der Waals surface area (Å²) in [5, 5.41) is 3.76. The van der Waals surface area contributed by atoms with Crippen molar-refractivity contribution in [2.45, 2.75) is 58.0 Å². The van der Waals surface area contributed by atoms with Crippen LogP contribution in [0.5, 0.6) is 0 Å². The van der Waals surface area contributed by atoms with Crippen molar-refractivity contribution in [3.05, 3.63) is 35.4 Å². The Morgan fingerprint density at radius 1 is 1.05 bits per heavy atom. The number of halogens is 1. The van der Waals surface area contributed by atoms with E-state index in [1.165, 1.54) is 56.4 Å². The Bertz CT molecular complexity index is 431. The maximum atomic E-state index is 3.76. The number of likely N-dealkylation sites (tertiary alicyclic amines) is 1. The van der Waals surface area contributed by atoms with Gasteiger partial charge in [-0.25, -0.2) is 0 Å². The van der Waals surface area contributed by atoms with E-state index in [9.17, 15) is 0 Å². The Morgan fingerprint density at radius 2 is 1.68 bits per heavy atom. The molecule has 0 unspecified atom stereocenters. The van der Waals surface area contributed by atoms with E-state index in [4.69, 9.17) is 0 Å². The lowest BCUT2D eigenvalue weighted by Gasteiger charge is -2.32. The molecule has 1 saturated carbocycles. The predicted molar refractivity (Wildman–Crippen MR) is 96.8 cm³/mol. The molecule has 22 heavy (non-hydrogen) atoms. The predicted octanol–water partition coefficient (Wildman–Crippen LogP) is 4.20. The standard InChI is InChI=1S/C19H30N2.ClH/c1-15(2)18-7-5-17(6-8-18)14-21-11-9-19(10-12-21)20-13-16-3-4-16;/h5-8,15-16,19-20H,3-4,9-14H2,1-2H3;1H. The minimum Gasteiger partial charge on any atom is -0.314 e. The number of nitrogens with one attached hydrogen (secondary N) is 1. The van der Waals surface area contributed by atoms with Crippen LogP contribution >= 0.6 is 12.4 Å². The second-order valence-electron chi connectivity index (χ2n) is 7.30. The molecule has 0 amide bonds. The van der Waals surface area contributed by atoms with Gasteiger partial charge in [0.15, 0.2) is 0 Å².